The zero-order valence-electron chi connectivity index (χ0n) is 16.0. The van der Waals surface area contributed by atoms with Crippen LogP contribution in [0.4, 0.5) is 5.69 Å². The molecule has 30 heavy (non-hydrogen) atoms. The molecule has 2 aromatic heterocycles. The number of amides is 1. The Morgan fingerprint density at radius 3 is 2.67 bits per heavy atom. The zero-order valence-corrected chi connectivity index (χ0v) is 16.0. The van der Waals surface area contributed by atoms with Crippen molar-refractivity contribution in [3.8, 4) is 0 Å². The van der Waals surface area contributed by atoms with Crippen molar-refractivity contribution in [2.45, 2.75) is 6.73 Å². The van der Waals surface area contributed by atoms with Gasteiger partial charge in [0.15, 0.2) is 0 Å². The molecule has 0 bridgehead atoms. The monoisotopic (exact) mass is 394 g/mol. The third kappa shape index (κ3) is 3.19. The van der Waals surface area contributed by atoms with Gasteiger partial charge in [0, 0.05) is 34.6 Å². The number of nitrogens with zero attached hydrogens (tertiary/aromatic N) is 3. The molecule has 0 saturated heterocycles. The molecular weight excluding hydrogens is 376 g/mol. The third-order valence-electron chi connectivity index (χ3n) is 5.10. The molecular formula is C24H18N4O2. The molecule has 146 valence electrons. The fourth-order valence-electron chi connectivity index (χ4n) is 3.64. The topological polar surface area (TPSA) is 80.0 Å². The van der Waals surface area contributed by atoms with Crippen LogP contribution < -0.4 is 5.32 Å². The summed E-state index contributed by atoms with van der Waals surface area (Å²) in [5.74, 6) is -0.118. The second-order valence-electron chi connectivity index (χ2n) is 6.97. The van der Waals surface area contributed by atoms with Crippen LogP contribution in [0.5, 0.6) is 0 Å². The molecule has 6 heteroatoms. The predicted octanol–water partition coefficient (Wildman–Crippen LogP) is 4.04. The third-order valence-corrected chi connectivity index (χ3v) is 5.10. The van der Waals surface area contributed by atoms with Gasteiger partial charge in [-0.05, 0) is 53.6 Å². The molecule has 0 atom stereocenters. The maximum Gasteiger partial charge on any atom is 0.256 e. The summed E-state index contributed by atoms with van der Waals surface area (Å²) in [5, 5.41) is 18.1. The fraction of sp³-hybridized carbons (Fsp3) is 0.0417. The van der Waals surface area contributed by atoms with E-state index in [1.807, 2.05) is 72.8 Å². The van der Waals surface area contributed by atoms with Gasteiger partial charge in [0.1, 0.15) is 6.73 Å². The average molecular weight is 394 g/mol. The summed E-state index contributed by atoms with van der Waals surface area (Å²) >= 11 is 0. The number of carbonyl (C=O) groups is 1. The number of hydrogen-bond donors (Lipinski definition) is 2. The van der Waals surface area contributed by atoms with Crippen molar-refractivity contribution < 1.29 is 9.90 Å². The van der Waals surface area contributed by atoms with Crippen molar-refractivity contribution in [3.05, 3.63) is 89.4 Å². The van der Waals surface area contributed by atoms with Crippen molar-refractivity contribution in [1.29, 1.82) is 0 Å². The fourth-order valence-corrected chi connectivity index (χ4v) is 3.64. The lowest BCUT2D eigenvalue weighted by Gasteiger charge is -2.01. The van der Waals surface area contributed by atoms with Gasteiger partial charge in [0.05, 0.1) is 11.2 Å². The summed E-state index contributed by atoms with van der Waals surface area (Å²) in [6.07, 6.45) is 9.22. The molecule has 5 rings (SSSR count). The number of carbonyl (C=O) groups excluding carboxylic acids is 1. The second kappa shape index (κ2) is 7.42. The number of pyridine rings is 1. The number of hydrogen-bond acceptors (Lipinski definition) is 4. The highest BCUT2D eigenvalue weighted by molar-refractivity contribution is 6.34. The van der Waals surface area contributed by atoms with Crippen molar-refractivity contribution >= 4 is 46.3 Å². The maximum absolute atomic E-state index is 12.4. The van der Waals surface area contributed by atoms with Crippen molar-refractivity contribution in [2.75, 3.05) is 5.32 Å². The summed E-state index contributed by atoms with van der Waals surface area (Å²) in [5.41, 5.74) is 5.77. The first kappa shape index (κ1) is 18.0. The highest BCUT2D eigenvalue weighted by Gasteiger charge is 2.23. The van der Waals surface area contributed by atoms with Crippen LogP contribution in [0, 0.1) is 0 Å². The second-order valence-corrected chi connectivity index (χ2v) is 6.97. The lowest BCUT2D eigenvalue weighted by atomic mass is 10.0. The Bertz CT molecular complexity index is 1320. The Morgan fingerprint density at radius 2 is 1.83 bits per heavy atom. The van der Waals surface area contributed by atoms with E-state index in [9.17, 15) is 9.90 Å². The van der Waals surface area contributed by atoms with Crippen molar-refractivity contribution in [3.63, 3.8) is 0 Å². The van der Waals surface area contributed by atoms with E-state index in [0.29, 0.717) is 5.57 Å². The highest BCUT2D eigenvalue weighted by atomic mass is 16.3. The van der Waals surface area contributed by atoms with Gasteiger partial charge in [-0.1, -0.05) is 30.3 Å². The molecule has 1 aliphatic heterocycles. The molecule has 6 nitrogen and oxygen atoms in total. The minimum Gasteiger partial charge on any atom is -0.374 e. The van der Waals surface area contributed by atoms with Crippen LogP contribution in [-0.2, 0) is 11.5 Å². The molecule has 0 saturated carbocycles. The Morgan fingerprint density at radius 1 is 1.00 bits per heavy atom. The van der Waals surface area contributed by atoms with Gasteiger partial charge in [-0.25, -0.2) is 4.68 Å². The van der Waals surface area contributed by atoms with Crippen LogP contribution in [0.2, 0.25) is 0 Å². The number of benzene rings is 2. The van der Waals surface area contributed by atoms with E-state index in [2.05, 4.69) is 15.4 Å². The Labute approximate surface area is 172 Å². The SMILES string of the molecule is O=C1Nc2ccccc2C1=Cc1ccc2c(C=Cc3ccncc3)nn(CO)c2c1. The first-order chi connectivity index (χ1) is 14.7. The van der Waals surface area contributed by atoms with Gasteiger partial charge in [-0.2, -0.15) is 5.10 Å². The lowest BCUT2D eigenvalue weighted by Crippen LogP contribution is -2.03. The number of anilines is 1. The number of rotatable bonds is 4. The van der Waals surface area contributed by atoms with Gasteiger partial charge in [-0.15, -0.1) is 0 Å². The Kier molecular flexibility index (Phi) is 4.46. The van der Waals surface area contributed by atoms with Crippen LogP contribution in [0.15, 0.2) is 67.0 Å². The van der Waals surface area contributed by atoms with Gasteiger partial charge < -0.3 is 10.4 Å². The first-order valence-corrected chi connectivity index (χ1v) is 9.55. The molecule has 0 radical (unpaired) electrons. The van der Waals surface area contributed by atoms with E-state index in [1.165, 1.54) is 0 Å². The van der Waals surface area contributed by atoms with Crippen LogP contribution in [0.1, 0.15) is 22.4 Å². The van der Waals surface area contributed by atoms with Gasteiger partial charge in [-0.3, -0.25) is 9.78 Å². The standard InChI is InChI=1S/C24H18N4O2/c29-15-28-23-14-17(13-20-18-3-1-2-4-21(18)26-24(20)30)5-7-19(23)22(27-28)8-6-16-9-11-25-12-10-16/h1-14,29H,15H2,(H,26,30). The Balaban J connectivity index is 1.55. The van der Waals surface area contributed by atoms with E-state index in [-0.39, 0.29) is 12.6 Å². The summed E-state index contributed by atoms with van der Waals surface area (Å²) in [6, 6.07) is 17.3. The van der Waals surface area contributed by atoms with Crippen LogP contribution in [0.25, 0.3) is 34.7 Å². The Hall–Kier alpha value is -4.03. The molecule has 0 unspecified atom stereocenters. The number of nitrogens with one attached hydrogen (secondary N) is 1. The molecule has 0 aliphatic carbocycles. The molecule has 4 aromatic rings. The van der Waals surface area contributed by atoms with E-state index >= 15 is 0 Å². The first-order valence-electron chi connectivity index (χ1n) is 9.55. The van der Waals surface area contributed by atoms with Crippen LogP contribution in [-0.4, -0.2) is 25.8 Å². The van der Waals surface area contributed by atoms with E-state index in [1.54, 1.807) is 17.1 Å². The summed E-state index contributed by atoms with van der Waals surface area (Å²) in [6.45, 7) is -0.233. The van der Waals surface area contributed by atoms with Crippen molar-refractivity contribution in [1.82, 2.24) is 14.8 Å². The zero-order chi connectivity index (χ0) is 20.5. The van der Waals surface area contributed by atoms with E-state index in [0.717, 1.165) is 39.0 Å². The minimum atomic E-state index is -0.233. The number of aliphatic hydroxyl groups excluding tert-OH is 1. The maximum atomic E-state index is 12.4. The summed E-state index contributed by atoms with van der Waals surface area (Å²) < 4.78 is 1.55. The number of aliphatic hydroxyl groups is 1. The smallest absolute Gasteiger partial charge is 0.256 e. The van der Waals surface area contributed by atoms with E-state index < -0.39 is 0 Å². The molecule has 2 aromatic carbocycles. The lowest BCUT2D eigenvalue weighted by molar-refractivity contribution is -0.110. The van der Waals surface area contributed by atoms with Crippen LogP contribution >= 0.6 is 0 Å². The molecule has 0 fully saturated rings. The van der Waals surface area contributed by atoms with Crippen molar-refractivity contribution in [2.24, 2.45) is 0 Å². The largest absolute Gasteiger partial charge is 0.374 e. The molecule has 2 N–H and O–H groups in total. The molecule has 0 spiro atoms. The molecule has 1 amide bonds. The number of fused-ring (bicyclic) bond motifs is 2. The molecule has 3 heterocycles. The molecule has 1 aliphatic rings. The van der Waals surface area contributed by atoms with Gasteiger partial charge in [0.25, 0.3) is 5.91 Å². The van der Waals surface area contributed by atoms with E-state index in [4.69, 9.17) is 0 Å². The summed E-state index contributed by atoms with van der Waals surface area (Å²) in [4.78, 5) is 16.4. The predicted molar refractivity (Wildman–Crippen MR) is 118 cm³/mol. The quantitative estimate of drug-likeness (QED) is 0.512. The van der Waals surface area contributed by atoms with Gasteiger partial charge in [0.2, 0.25) is 0 Å². The summed E-state index contributed by atoms with van der Waals surface area (Å²) in [7, 11) is 0. The highest BCUT2D eigenvalue weighted by Crippen LogP contribution is 2.33. The average Bonchev–Trinajstić information content (AvgIpc) is 3.30. The number of para-hydroxylation sites is 1. The minimum absolute atomic E-state index is 0.118. The number of aromatic nitrogens is 3. The van der Waals surface area contributed by atoms with Crippen LogP contribution in [0.3, 0.4) is 0 Å². The normalized spacial score (nSPS) is 14.6. The van der Waals surface area contributed by atoms with Gasteiger partial charge >= 0.3 is 0 Å².